The largest absolute Gasteiger partial charge is 0.472 e. The van der Waals surface area contributed by atoms with Crippen LogP contribution in [0.3, 0.4) is 0 Å². The molecule has 8 nitrogen and oxygen atoms in total. The minimum Gasteiger partial charge on any atom is -0.472 e. The Morgan fingerprint density at radius 1 is 1.28 bits per heavy atom. The zero-order valence-electron chi connectivity index (χ0n) is 19.1. The van der Waals surface area contributed by atoms with Gasteiger partial charge in [-0.3, -0.25) is 4.79 Å². The number of ether oxygens (including phenoxy) is 1. The summed E-state index contributed by atoms with van der Waals surface area (Å²) in [5.41, 5.74) is 3.12. The van der Waals surface area contributed by atoms with Crippen molar-refractivity contribution in [2.75, 3.05) is 33.0 Å². The minimum atomic E-state index is -3.40. The van der Waals surface area contributed by atoms with E-state index in [1.165, 1.54) is 11.4 Å². The Hall–Kier alpha value is -2.49. The van der Waals surface area contributed by atoms with Gasteiger partial charge in [0, 0.05) is 31.3 Å². The number of aromatic nitrogens is 1. The van der Waals surface area contributed by atoms with Crippen LogP contribution in [0.1, 0.15) is 29.8 Å². The molecule has 0 bridgehead atoms. The third kappa shape index (κ3) is 5.28. The number of hydrogen-bond donors (Lipinski definition) is 1. The molecule has 0 saturated carbocycles. The summed E-state index contributed by atoms with van der Waals surface area (Å²) >= 11 is 0. The van der Waals surface area contributed by atoms with Crippen LogP contribution in [-0.4, -0.2) is 78.8 Å². The van der Waals surface area contributed by atoms with Crippen LogP contribution in [0.5, 0.6) is 5.88 Å². The van der Waals surface area contributed by atoms with E-state index in [2.05, 4.69) is 4.98 Å². The first-order valence-corrected chi connectivity index (χ1v) is 12.4. The second kappa shape index (κ2) is 9.56. The molecule has 3 atom stereocenters. The number of aliphatic hydroxyl groups excluding tert-OH is 1. The molecule has 2 heterocycles. The molecule has 0 radical (unpaired) electrons. The average molecular weight is 462 g/mol. The van der Waals surface area contributed by atoms with Gasteiger partial charge in [-0.05, 0) is 25.5 Å². The maximum absolute atomic E-state index is 13.4. The lowest BCUT2D eigenvalue weighted by molar-refractivity contribution is 0.0374. The number of likely N-dealkylation sites (N-methyl/N-ethyl adjacent to an activating group) is 1. The summed E-state index contributed by atoms with van der Waals surface area (Å²) in [7, 11) is -1.90. The van der Waals surface area contributed by atoms with Crippen LogP contribution in [0.2, 0.25) is 0 Å². The van der Waals surface area contributed by atoms with E-state index in [1.54, 1.807) is 24.1 Å². The Bertz CT molecular complexity index is 1070. The van der Waals surface area contributed by atoms with Gasteiger partial charge in [0.1, 0.15) is 11.7 Å². The van der Waals surface area contributed by atoms with Crippen LogP contribution in [0.25, 0.3) is 11.1 Å². The van der Waals surface area contributed by atoms with E-state index in [0.29, 0.717) is 12.1 Å². The molecule has 32 heavy (non-hydrogen) atoms. The number of aryl methyl sites for hydroxylation is 1. The number of carbonyl (C=O) groups is 1. The number of hydrogen-bond acceptors (Lipinski definition) is 6. The van der Waals surface area contributed by atoms with Crippen LogP contribution in [0, 0.1) is 12.8 Å². The maximum Gasteiger partial charge on any atom is 0.259 e. The fourth-order valence-corrected chi connectivity index (χ4v) is 4.03. The Balaban J connectivity index is 2.06. The molecule has 1 amide bonds. The quantitative estimate of drug-likeness (QED) is 0.708. The molecule has 0 fully saturated rings. The van der Waals surface area contributed by atoms with Crippen LogP contribution >= 0.6 is 0 Å². The van der Waals surface area contributed by atoms with Gasteiger partial charge in [-0.1, -0.05) is 36.8 Å². The van der Waals surface area contributed by atoms with Crippen molar-refractivity contribution in [3.05, 3.63) is 47.7 Å². The molecule has 2 aromatic rings. The number of nitrogens with zero attached hydrogens (tertiary/aromatic N) is 3. The zero-order valence-corrected chi connectivity index (χ0v) is 20.0. The van der Waals surface area contributed by atoms with Crippen molar-refractivity contribution in [3.63, 3.8) is 0 Å². The number of rotatable bonds is 6. The maximum atomic E-state index is 13.4. The molecule has 1 N–H and O–H groups in total. The standard InChI is InChI=1S/C23H31N3O5S/c1-15-6-8-18(9-7-15)19-10-20-22(24-11-19)31-21(13-25(4)32(5,29)30)16(2)12-26(23(20)28)17(3)14-27/h6-11,16-17,21,27H,12-14H2,1-5H3/t16-,17-,21+/m0/s1. The van der Waals surface area contributed by atoms with E-state index in [4.69, 9.17) is 4.74 Å². The minimum absolute atomic E-state index is 0.121. The SMILES string of the molecule is Cc1ccc(-c2cnc3c(c2)C(=O)N([C@@H](C)CO)C[C@H](C)[C@@H](CN(C)S(C)(=O)=O)O3)cc1. The van der Waals surface area contributed by atoms with Crippen molar-refractivity contribution in [1.82, 2.24) is 14.2 Å². The van der Waals surface area contributed by atoms with Crippen molar-refractivity contribution in [3.8, 4) is 17.0 Å². The highest BCUT2D eigenvalue weighted by atomic mass is 32.2. The first-order valence-electron chi connectivity index (χ1n) is 10.6. The average Bonchev–Trinajstić information content (AvgIpc) is 2.75. The lowest BCUT2D eigenvalue weighted by atomic mass is 9.99. The molecule has 0 saturated heterocycles. The van der Waals surface area contributed by atoms with Gasteiger partial charge in [0.05, 0.1) is 25.4 Å². The molecule has 1 aliphatic rings. The van der Waals surface area contributed by atoms with Crippen molar-refractivity contribution in [2.45, 2.75) is 32.9 Å². The fourth-order valence-electron chi connectivity index (χ4n) is 3.61. The molecule has 0 unspecified atom stereocenters. The second-order valence-corrected chi connectivity index (χ2v) is 10.7. The molecule has 1 aromatic heterocycles. The van der Waals surface area contributed by atoms with Crippen molar-refractivity contribution >= 4 is 15.9 Å². The normalized spacial score (nSPS) is 20.3. The monoisotopic (exact) mass is 461 g/mol. The van der Waals surface area contributed by atoms with Crippen LogP contribution in [0.15, 0.2) is 36.5 Å². The first-order chi connectivity index (χ1) is 15.0. The highest BCUT2D eigenvalue weighted by Crippen LogP contribution is 2.30. The Morgan fingerprint density at radius 3 is 2.53 bits per heavy atom. The number of amides is 1. The third-order valence-corrected chi connectivity index (χ3v) is 7.19. The Morgan fingerprint density at radius 2 is 1.94 bits per heavy atom. The highest BCUT2D eigenvalue weighted by molar-refractivity contribution is 7.88. The molecule has 0 spiro atoms. The summed E-state index contributed by atoms with van der Waals surface area (Å²) in [6.07, 6.45) is 2.28. The van der Waals surface area contributed by atoms with Gasteiger partial charge in [0.25, 0.3) is 5.91 Å². The summed E-state index contributed by atoms with van der Waals surface area (Å²) in [4.78, 5) is 19.5. The van der Waals surface area contributed by atoms with Gasteiger partial charge >= 0.3 is 0 Å². The molecule has 3 rings (SSSR count). The number of benzene rings is 1. The third-order valence-electron chi connectivity index (χ3n) is 5.91. The van der Waals surface area contributed by atoms with E-state index in [1.807, 2.05) is 38.1 Å². The Kier molecular flexibility index (Phi) is 7.22. The van der Waals surface area contributed by atoms with Gasteiger partial charge in [-0.2, -0.15) is 0 Å². The summed E-state index contributed by atoms with van der Waals surface area (Å²) < 4.78 is 31.3. The van der Waals surface area contributed by atoms with Gasteiger partial charge < -0.3 is 14.7 Å². The lowest BCUT2D eigenvalue weighted by Gasteiger charge is -2.37. The number of sulfonamides is 1. The summed E-state index contributed by atoms with van der Waals surface area (Å²) in [6.45, 7) is 5.93. The number of fused-ring (bicyclic) bond motifs is 1. The highest BCUT2D eigenvalue weighted by Gasteiger charge is 2.35. The number of pyridine rings is 1. The van der Waals surface area contributed by atoms with E-state index >= 15 is 0 Å². The molecular formula is C23H31N3O5S. The van der Waals surface area contributed by atoms with Crippen molar-refractivity contribution in [1.29, 1.82) is 0 Å². The smallest absolute Gasteiger partial charge is 0.259 e. The van der Waals surface area contributed by atoms with Crippen LogP contribution in [0.4, 0.5) is 0 Å². The van der Waals surface area contributed by atoms with Gasteiger partial charge in [-0.15, -0.1) is 0 Å². The van der Waals surface area contributed by atoms with E-state index in [0.717, 1.165) is 22.9 Å². The van der Waals surface area contributed by atoms with E-state index in [9.17, 15) is 18.3 Å². The number of carbonyl (C=O) groups excluding carboxylic acids is 1. The molecule has 0 aliphatic carbocycles. The Labute approximate surface area is 189 Å². The van der Waals surface area contributed by atoms with Crippen molar-refractivity contribution < 1.29 is 23.1 Å². The van der Waals surface area contributed by atoms with Crippen molar-refractivity contribution in [2.24, 2.45) is 5.92 Å². The summed E-state index contributed by atoms with van der Waals surface area (Å²) in [6, 6.07) is 9.25. The molecule has 1 aliphatic heterocycles. The van der Waals surface area contributed by atoms with Crippen LogP contribution in [-0.2, 0) is 10.0 Å². The molecular weight excluding hydrogens is 430 g/mol. The van der Waals surface area contributed by atoms with Crippen LogP contribution < -0.4 is 4.74 Å². The van der Waals surface area contributed by atoms with Gasteiger partial charge in [0.2, 0.25) is 15.9 Å². The van der Waals surface area contributed by atoms with E-state index in [-0.39, 0.29) is 30.9 Å². The summed E-state index contributed by atoms with van der Waals surface area (Å²) in [5.74, 6) is -0.298. The topological polar surface area (TPSA) is 100 Å². The molecule has 174 valence electrons. The zero-order chi connectivity index (χ0) is 23.6. The second-order valence-electron chi connectivity index (χ2n) is 8.61. The number of aliphatic hydroxyl groups is 1. The molecule has 1 aromatic carbocycles. The van der Waals surface area contributed by atoms with Gasteiger partial charge in [0.15, 0.2) is 0 Å². The summed E-state index contributed by atoms with van der Waals surface area (Å²) in [5, 5.41) is 9.75. The predicted molar refractivity (Wildman–Crippen MR) is 123 cm³/mol. The fraction of sp³-hybridized carbons (Fsp3) is 0.478. The lowest BCUT2D eigenvalue weighted by Crippen LogP contribution is -2.50. The first kappa shape index (κ1) is 24.2. The molecule has 9 heteroatoms. The van der Waals surface area contributed by atoms with Gasteiger partial charge in [-0.25, -0.2) is 17.7 Å². The van der Waals surface area contributed by atoms with E-state index < -0.39 is 22.2 Å². The predicted octanol–water partition coefficient (Wildman–Crippen LogP) is 2.17.